The van der Waals surface area contributed by atoms with Crippen molar-refractivity contribution in [1.82, 2.24) is 5.16 Å². The van der Waals surface area contributed by atoms with Crippen LogP contribution in [0.5, 0.6) is 0 Å². The molecule has 0 atom stereocenters. The number of hydrogen-bond donors (Lipinski definition) is 0. The van der Waals surface area contributed by atoms with Crippen molar-refractivity contribution in [2.45, 2.75) is 6.42 Å². The molecule has 0 spiro atoms. The van der Waals surface area contributed by atoms with Crippen molar-refractivity contribution in [1.29, 1.82) is 0 Å². The normalized spacial score (nSPS) is 10.9. The Balaban J connectivity index is 2.61. The van der Waals surface area contributed by atoms with Crippen LogP contribution in [0.2, 0.25) is 0 Å². The maximum atomic E-state index is 5.64. The molecule has 0 aliphatic heterocycles. The predicted molar refractivity (Wildman–Crippen MR) is 56.1 cm³/mol. The second-order valence-corrected chi connectivity index (χ2v) is 3.92. The standard InChI is InChI=1S/C9H7BrClNO/c10-7-3-1-2-6-8(4-5-11)12-13-9(6)7/h1-3H,4-5H2. The molecule has 0 saturated heterocycles. The number of nitrogens with zero attached hydrogens (tertiary/aromatic N) is 1. The minimum atomic E-state index is 0.564. The van der Waals surface area contributed by atoms with Gasteiger partial charge in [-0.1, -0.05) is 11.2 Å². The molecule has 4 heteroatoms. The molecule has 2 nitrogen and oxygen atoms in total. The van der Waals surface area contributed by atoms with Crippen LogP contribution in [0.25, 0.3) is 11.0 Å². The number of para-hydroxylation sites is 1. The highest BCUT2D eigenvalue weighted by Gasteiger charge is 2.08. The van der Waals surface area contributed by atoms with Crippen molar-refractivity contribution in [2.75, 3.05) is 5.88 Å². The largest absolute Gasteiger partial charge is 0.355 e. The molecule has 0 N–H and O–H groups in total. The van der Waals surface area contributed by atoms with Gasteiger partial charge in [-0.3, -0.25) is 0 Å². The molecule has 2 aromatic rings. The average molecular weight is 261 g/mol. The lowest BCUT2D eigenvalue weighted by atomic mass is 10.2. The zero-order chi connectivity index (χ0) is 9.26. The number of alkyl halides is 1. The van der Waals surface area contributed by atoms with E-state index in [9.17, 15) is 0 Å². The number of aryl methyl sites for hydroxylation is 1. The first-order valence-corrected chi connectivity index (χ1v) is 5.24. The van der Waals surface area contributed by atoms with Crippen LogP contribution in [0, 0.1) is 0 Å². The van der Waals surface area contributed by atoms with Crippen molar-refractivity contribution >= 4 is 38.5 Å². The van der Waals surface area contributed by atoms with Crippen LogP contribution in [-0.2, 0) is 6.42 Å². The van der Waals surface area contributed by atoms with Gasteiger partial charge in [-0.15, -0.1) is 11.6 Å². The number of hydrogen-bond acceptors (Lipinski definition) is 2. The molecule has 0 aliphatic rings. The van der Waals surface area contributed by atoms with Crippen molar-refractivity contribution < 1.29 is 4.52 Å². The van der Waals surface area contributed by atoms with E-state index in [1.165, 1.54) is 0 Å². The van der Waals surface area contributed by atoms with Gasteiger partial charge in [0, 0.05) is 17.7 Å². The molecule has 1 aromatic carbocycles. The molecule has 13 heavy (non-hydrogen) atoms. The fourth-order valence-corrected chi connectivity index (χ4v) is 1.87. The van der Waals surface area contributed by atoms with E-state index >= 15 is 0 Å². The Morgan fingerprint density at radius 2 is 2.31 bits per heavy atom. The molecule has 0 aliphatic carbocycles. The monoisotopic (exact) mass is 259 g/mol. The quantitative estimate of drug-likeness (QED) is 0.774. The van der Waals surface area contributed by atoms with Gasteiger partial charge in [0.25, 0.3) is 0 Å². The van der Waals surface area contributed by atoms with Gasteiger partial charge >= 0.3 is 0 Å². The molecule has 1 aromatic heterocycles. The highest BCUT2D eigenvalue weighted by molar-refractivity contribution is 9.10. The minimum Gasteiger partial charge on any atom is -0.355 e. The lowest BCUT2D eigenvalue weighted by Crippen LogP contribution is -1.85. The predicted octanol–water partition coefficient (Wildman–Crippen LogP) is 3.37. The van der Waals surface area contributed by atoms with Crippen molar-refractivity contribution in [2.24, 2.45) is 0 Å². The summed E-state index contributed by atoms with van der Waals surface area (Å²) < 4.78 is 6.11. The van der Waals surface area contributed by atoms with Gasteiger partial charge in [0.05, 0.1) is 10.2 Å². The Kier molecular flexibility index (Phi) is 2.56. The Morgan fingerprint density at radius 3 is 3.08 bits per heavy atom. The number of fused-ring (bicyclic) bond motifs is 1. The summed E-state index contributed by atoms with van der Waals surface area (Å²) in [6, 6.07) is 5.87. The molecule has 0 amide bonds. The topological polar surface area (TPSA) is 26.0 Å². The molecular formula is C9H7BrClNO. The fourth-order valence-electron chi connectivity index (χ4n) is 1.25. The number of halogens is 2. The van der Waals surface area contributed by atoms with E-state index < -0.39 is 0 Å². The first-order valence-electron chi connectivity index (χ1n) is 3.91. The maximum Gasteiger partial charge on any atom is 0.181 e. The summed E-state index contributed by atoms with van der Waals surface area (Å²) in [6.07, 6.45) is 0.741. The van der Waals surface area contributed by atoms with Crippen molar-refractivity contribution in [3.63, 3.8) is 0 Å². The average Bonchev–Trinajstić information content (AvgIpc) is 2.51. The maximum absolute atomic E-state index is 5.64. The molecule has 2 rings (SSSR count). The molecule has 68 valence electrons. The van der Waals surface area contributed by atoms with Gasteiger partial charge < -0.3 is 4.52 Å². The van der Waals surface area contributed by atoms with Crippen LogP contribution >= 0.6 is 27.5 Å². The van der Waals surface area contributed by atoms with Crippen LogP contribution in [0.1, 0.15) is 5.69 Å². The molecule has 0 radical (unpaired) electrons. The van der Waals surface area contributed by atoms with Crippen LogP contribution in [-0.4, -0.2) is 11.0 Å². The summed E-state index contributed by atoms with van der Waals surface area (Å²) in [7, 11) is 0. The Hall–Kier alpha value is -0.540. The van der Waals surface area contributed by atoms with Crippen LogP contribution in [0.4, 0.5) is 0 Å². The van der Waals surface area contributed by atoms with E-state index in [1.807, 2.05) is 18.2 Å². The summed E-state index contributed by atoms with van der Waals surface area (Å²) in [5, 5.41) is 4.99. The lowest BCUT2D eigenvalue weighted by Gasteiger charge is -1.91. The lowest BCUT2D eigenvalue weighted by molar-refractivity contribution is 0.446. The van der Waals surface area contributed by atoms with Gasteiger partial charge in [0.1, 0.15) is 0 Å². The summed E-state index contributed by atoms with van der Waals surface area (Å²) in [6.45, 7) is 0. The second kappa shape index (κ2) is 3.68. The van der Waals surface area contributed by atoms with E-state index in [0.29, 0.717) is 5.88 Å². The molecule has 0 unspecified atom stereocenters. The summed E-state index contributed by atoms with van der Waals surface area (Å²) in [5.41, 5.74) is 1.72. The smallest absolute Gasteiger partial charge is 0.181 e. The summed E-state index contributed by atoms with van der Waals surface area (Å²) in [4.78, 5) is 0. The Labute approximate surface area is 89.0 Å². The van der Waals surface area contributed by atoms with Gasteiger partial charge in [0.2, 0.25) is 0 Å². The first-order chi connectivity index (χ1) is 6.33. The molecule has 1 heterocycles. The minimum absolute atomic E-state index is 0.564. The first kappa shape index (κ1) is 9.03. The van der Waals surface area contributed by atoms with E-state index in [2.05, 4.69) is 21.1 Å². The zero-order valence-corrected chi connectivity index (χ0v) is 9.10. The zero-order valence-electron chi connectivity index (χ0n) is 6.76. The molecular weight excluding hydrogens is 253 g/mol. The summed E-state index contributed by atoms with van der Waals surface area (Å²) in [5.74, 6) is 0.564. The van der Waals surface area contributed by atoms with Crippen LogP contribution in [0.3, 0.4) is 0 Å². The van der Waals surface area contributed by atoms with Gasteiger partial charge in [-0.2, -0.15) is 0 Å². The third-order valence-corrected chi connectivity index (χ3v) is 2.67. The number of rotatable bonds is 2. The van der Waals surface area contributed by atoms with E-state index in [1.54, 1.807) is 0 Å². The molecule has 0 saturated carbocycles. The van der Waals surface area contributed by atoms with Gasteiger partial charge in [0.15, 0.2) is 5.58 Å². The van der Waals surface area contributed by atoms with Crippen LogP contribution < -0.4 is 0 Å². The molecule has 0 fully saturated rings. The van der Waals surface area contributed by atoms with Gasteiger partial charge in [-0.25, -0.2) is 0 Å². The second-order valence-electron chi connectivity index (χ2n) is 2.68. The van der Waals surface area contributed by atoms with E-state index in [0.717, 1.165) is 27.6 Å². The highest BCUT2D eigenvalue weighted by Crippen LogP contribution is 2.26. The third-order valence-electron chi connectivity index (χ3n) is 1.86. The van der Waals surface area contributed by atoms with E-state index in [-0.39, 0.29) is 0 Å². The number of benzene rings is 1. The Bertz CT molecular complexity index is 426. The third kappa shape index (κ3) is 1.58. The Morgan fingerprint density at radius 1 is 1.46 bits per heavy atom. The highest BCUT2D eigenvalue weighted by atomic mass is 79.9. The van der Waals surface area contributed by atoms with Gasteiger partial charge in [-0.05, 0) is 28.1 Å². The SMILES string of the molecule is ClCCc1noc2c(Br)cccc12. The summed E-state index contributed by atoms with van der Waals surface area (Å²) >= 11 is 9.03. The van der Waals surface area contributed by atoms with E-state index in [4.69, 9.17) is 16.1 Å². The molecule has 0 bridgehead atoms. The fraction of sp³-hybridized carbons (Fsp3) is 0.222. The van der Waals surface area contributed by atoms with Crippen molar-refractivity contribution in [3.05, 3.63) is 28.4 Å². The van der Waals surface area contributed by atoms with Crippen LogP contribution in [0.15, 0.2) is 27.2 Å². The number of aromatic nitrogens is 1. The van der Waals surface area contributed by atoms with Crippen molar-refractivity contribution in [3.8, 4) is 0 Å².